The minimum absolute atomic E-state index is 0.0965. The van der Waals surface area contributed by atoms with Crippen LogP contribution in [-0.2, 0) is 9.84 Å². The topological polar surface area (TPSA) is 89.2 Å². The van der Waals surface area contributed by atoms with E-state index in [9.17, 15) is 12.8 Å². The van der Waals surface area contributed by atoms with Gasteiger partial charge in [0.15, 0.2) is 9.84 Å². The van der Waals surface area contributed by atoms with E-state index in [-0.39, 0.29) is 17.2 Å². The molecule has 0 atom stereocenters. The molecule has 0 bridgehead atoms. The Morgan fingerprint density at radius 3 is 2.74 bits per heavy atom. The SMILES string of the molecule is Cc1cc(NCCS(=O)(=O)c2ccc(F)cc2)c2nncn2n1. The molecule has 23 heavy (non-hydrogen) atoms. The van der Waals surface area contributed by atoms with E-state index in [2.05, 4.69) is 20.6 Å². The van der Waals surface area contributed by atoms with Gasteiger partial charge in [0.25, 0.3) is 0 Å². The van der Waals surface area contributed by atoms with E-state index in [0.717, 1.165) is 17.8 Å². The van der Waals surface area contributed by atoms with Crippen molar-refractivity contribution in [2.75, 3.05) is 17.6 Å². The van der Waals surface area contributed by atoms with Crippen LogP contribution in [0.25, 0.3) is 5.65 Å². The number of fused-ring (bicyclic) bond motifs is 1. The molecule has 9 heteroatoms. The molecule has 1 N–H and O–H groups in total. The number of benzene rings is 1. The number of nitrogens with zero attached hydrogens (tertiary/aromatic N) is 4. The summed E-state index contributed by atoms with van der Waals surface area (Å²) in [5.41, 5.74) is 1.93. The molecule has 0 unspecified atom stereocenters. The van der Waals surface area contributed by atoms with Crippen molar-refractivity contribution in [1.29, 1.82) is 0 Å². The number of hydrogen-bond acceptors (Lipinski definition) is 6. The molecule has 1 aromatic carbocycles. The van der Waals surface area contributed by atoms with Crippen LogP contribution in [0, 0.1) is 12.7 Å². The van der Waals surface area contributed by atoms with Gasteiger partial charge in [0.05, 0.1) is 22.0 Å². The maximum atomic E-state index is 12.9. The van der Waals surface area contributed by atoms with Crippen molar-refractivity contribution in [1.82, 2.24) is 19.8 Å². The van der Waals surface area contributed by atoms with Crippen LogP contribution in [0.1, 0.15) is 5.69 Å². The van der Waals surface area contributed by atoms with Crippen molar-refractivity contribution in [2.24, 2.45) is 0 Å². The molecule has 2 aromatic heterocycles. The molecule has 0 amide bonds. The predicted molar refractivity (Wildman–Crippen MR) is 82.5 cm³/mol. The summed E-state index contributed by atoms with van der Waals surface area (Å²) < 4.78 is 38.8. The predicted octanol–water partition coefficient (Wildman–Crippen LogP) is 1.46. The lowest BCUT2D eigenvalue weighted by molar-refractivity contribution is 0.595. The third kappa shape index (κ3) is 3.29. The lowest BCUT2D eigenvalue weighted by atomic mass is 10.3. The standard InChI is InChI=1S/C14H14FN5O2S/c1-10-8-13(14-18-17-9-20(14)19-10)16-6-7-23(21,22)12-4-2-11(15)3-5-12/h2-5,8-9,16H,6-7H2,1H3. The summed E-state index contributed by atoms with van der Waals surface area (Å²) in [5, 5.41) is 15.0. The second-order valence-corrected chi connectivity index (χ2v) is 7.11. The van der Waals surface area contributed by atoms with Gasteiger partial charge in [-0.25, -0.2) is 12.8 Å². The van der Waals surface area contributed by atoms with Gasteiger partial charge in [-0.05, 0) is 37.3 Å². The number of rotatable bonds is 5. The Labute approximate surface area is 132 Å². The molecule has 0 aliphatic heterocycles. The van der Waals surface area contributed by atoms with Crippen LogP contribution in [0.5, 0.6) is 0 Å². The lowest BCUT2D eigenvalue weighted by Crippen LogP contribution is -2.16. The summed E-state index contributed by atoms with van der Waals surface area (Å²) in [6, 6.07) is 6.56. The Balaban J connectivity index is 1.73. The summed E-state index contributed by atoms with van der Waals surface area (Å²) in [5.74, 6) is -0.594. The van der Waals surface area contributed by atoms with Crippen molar-refractivity contribution >= 4 is 21.2 Å². The Morgan fingerprint density at radius 1 is 1.26 bits per heavy atom. The first kappa shape index (κ1) is 15.3. The molecule has 120 valence electrons. The summed E-state index contributed by atoms with van der Waals surface area (Å²) in [6.07, 6.45) is 1.47. The van der Waals surface area contributed by atoms with Crippen LogP contribution in [-0.4, -0.2) is 40.5 Å². The Kier molecular flexibility index (Phi) is 3.95. The van der Waals surface area contributed by atoms with Crippen LogP contribution in [0.3, 0.4) is 0 Å². The highest BCUT2D eigenvalue weighted by molar-refractivity contribution is 7.91. The first-order valence-corrected chi connectivity index (χ1v) is 8.51. The molecule has 0 fully saturated rings. The summed E-state index contributed by atoms with van der Waals surface area (Å²) in [7, 11) is -3.48. The zero-order valence-corrected chi connectivity index (χ0v) is 13.1. The number of aryl methyl sites for hydroxylation is 1. The second kappa shape index (κ2) is 5.92. The van der Waals surface area contributed by atoms with Gasteiger partial charge in [-0.2, -0.15) is 9.61 Å². The molecule has 3 rings (SSSR count). The van der Waals surface area contributed by atoms with E-state index in [1.54, 1.807) is 6.07 Å². The highest BCUT2D eigenvalue weighted by Crippen LogP contribution is 2.15. The number of nitrogens with one attached hydrogen (secondary N) is 1. The molecule has 2 heterocycles. The number of hydrogen-bond donors (Lipinski definition) is 1. The average Bonchev–Trinajstić information content (AvgIpc) is 2.95. The molecule has 7 nitrogen and oxygen atoms in total. The van der Waals surface area contributed by atoms with Crippen LogP contribution >= 0.6 is 0 Å². The lowest BCUT2D eigenvalue weighted by Gasteiger charge is -2.09. The number of halogens is 1. The second-order valence-electron chi connectivity index (χ2n) is 5.00. The van der Waals surface area contributed by atoms with Gasteiger partial charge >= 0.3 is 0 Å². The molecule has 0 aliphatic carbocycles. The van der Waals surface area contributed by atoms with Crippen LogP contribution in [0.2, 0.25) is 0 Å². The minimum atomic E-state index is -3.48. The molecule has 3 aromatic rings. The van der Waals surface area contributed by atoms with Crippen molar-refractivity contribution < 1.29 is 12.8 Å². The third-order valence-electron chi connectivity index (χ3n) is 3.25. The Morgan fingerprint density at radius 2 is 2.00 bits per heavy atom. The normalized spacial score (nSPS) is 11.7. The average molecular weight is 335 g/mol. The summed E-state index contributed by atoms with van der Waals surface area (Å²) >= 11 is 0. The van der Waals surface area contributed by atoms with Crippen LogP contribution < -0.4 is 5.32 Å². The van der Waals surface area contributed by atoms with Crippen LogP contribution in [0.4, 0.5) is 10.1 Å². The highest BCUT2D eigenvalue weighted by Gasteiger charge is 2.14. The molecule has 0 saturated carbocycles. The first-order chi connectivity index (χ1) is 11.0. The number of sulfone groups is 1. The van der Waals surface area contributed by atoms with Gasteiger partial charge in [0.1, 0.15) is 12.1 Å². The van der Waals surface area contributed by atoms with E-state index >= 15 is 0 Å². The summed E-state index contributed by atoms with van der Waals surface area (Å²) in [6.45, 7) is 2.01. The van der Waals surface area contributed by atoms with E-state index < -0.39 is 15.7 Å². The van der Waals surface area contributed by atoms with E-state index in [1.165, 1.54) is 23.0 Å². The number of aromatic nitrogens is 4. The zero-order valence-electron chi connectivity index (χ0n) is 12.3. The largest absolute Gasteiger partial charge is 0.381 e. The van der Waals surface area contributed by atoms with Gasteiger partial charge in [-0.3, -0.25) is 0 Å². The van der Waals surface area contributed by atoms with Gasteiger partial charge < -0.3 is 5.32 Å². The Bertz CT molecular complexity index is 937. The fraction of sp³-hybridized carbons (Fsp3) is 0.214. The maximum Gasteiger partial charge on any atom is 0.200 e. The molecule has 0 aliphatic rings. The molecular weight excluding hydrogens is 321 g/mol. The molecule has 0 spiro atoms. The fourth-order valence-electron chi connectivity index (χ4n) is 2.16. The summed E-state index contributed by atoms with van der Waals surface area (Å²) in [4.78, 5) is 0.0965. The van der Waals surface area contributed by atoms with E-state index in [0.29, 0.717) is 11.3 Å². The third-order valence-corrected chi connectivity index (χ3v) is 4.98. The quantitative estimate of drug-likeness (QED) is 0.710. The van der Waals surface area contributed by atoms with Crippen LogP contribution in [0.15, 0.2) is 41.6 Å². The molecule has 0 saturated heterocycles. The Hall–Kier alpha value is -2.55. The van der Waals surface area contributed by atoms with Crippen molar-refractivity contribution in [3.8, 4) is 0 Å². The highest BCUT2D eigenvalue weighted by atomic mass is 32.2. The fourth-order valence-corrected chi connectivity index (χ4v) is 3.32. The zero-order chi connectivity index (χ0) is 16.4. The van der Waals surface area contributed by atoms with Gasteiger partial charge in [-0.15, -0.1) is 10.2 Å². The van der Waals surface area contributed by atoms with E-state index in [1.807, 2.05) is 6.92 Å². The van der Waals surface area contributed by atoms with Gasteiger partial charge in [-0.1, -0.05) is 0 Å². The monoisotopic (exact) mass is 335 g/mol. The van der Waals surface area contributed by atoms with Crippen molar-refractivity contribution in [3.05, 3.63) is 48.2 Å². The molecular formula is C14H14FN5O2S. The minimum Gasteiger partial charge on any atom is -0.381 e. The van der Waals surface area contributed by atoms with Crippen molar-refractivity contribution in [2.45, 2.75) is 11.8 Å². The molecule has 0 radical (unpaired) electrons. The van der Waals surface area contributed by atoms with Gasteiger partial charge in [0, 0.05) is 6.54 Å². The van der Waals surface area contributed by atoms with Gasteiger partial charge in [0.2, 0.25) is 5.65 Å². The maximum absolute atomic E-state index is 12.9. The van der Waals surface area contributed by atoms with E-state index in [4.69, 9.17) is 0 Å². The smallest absolute Gasteiger partial charge is 0.200 e. The first-order valence-electron chi connectivity index (χ1n) is 6.85. The van der Waals surface area contributed by atoms with Crippen molar-refractivity contribution in [3.63, 3.8) is 0 Å². The number of anilines is 1.